The first kappa shape index (κ1) is 21.1. The van der Waals surface area contributed by atoms with Crippen molar-refractivity contribution < 1.29 is 0 Å². The Bertz CT molecular complexity index is 1150. The normalized spacial score (nSPS) is 17.2. The molecule has 3 aromatic rings. The van der Waals surface area contributed by atoms with Crippen LogP contribution in [0.3, 0.4) is 0 Å². The smallest absolute Gasteiger partial charge is 0.228 e. The fourth-order valence-corrected chi connectivity index (χ4v) is 5.68. The van der Waals surface area contributed by atoms with Gasteiger partial charge >= 0.3 is 0 Å². The minimum Gasteiger partial charge on any atom is -0.382 e. The first-order chi connectivity index (χ1) is 15.5. The Hall–Kier alpha value is -2.73. The molecular formula is C26H31N5S. The van der Waals surface area contributed by atoms with E-state index in [1.807, 2.05) is 18.7 Å². The molecule has 32 heavy (non-hydrogen) atoms. The molecule has 2 aliphatic rings. The molecule has 0 radical (unpaired) electrons. The van der Waals surface area contributed by atoms with Crippen molar-refractivity contribution >= 4 is 34.4 Å². The van der Waals surface area contributed by atoms with Crippen molar-refractivity contribution in [1.29, 1.82) is 0 Å². The quantitative estimate of drug-likeness (QED) is 0.522. The zero-order valence-electron chi connectivity index (χ0n) is 18.9. The summed E-state index contributed by atoms with van der Waals surface area (Å²) in [5.41, 5.74) is 4.65. The van der Waals surface area contributed by atoms with Crippen LogP contribution in [0.15, 0.2) is 59.6 Å². The molecule has 2 heterocycles. The summed E-state index contributed by atoms with van der Waals surface area (Å²) in [6.07, 6.45) is 3.56. The summed E-state index contributed by atoms with van der Waals surface area (Å²) < 4.78 is 0. The van der Waals surface area contributed by atoms with Gasteiger partial charge in [-0.3, -0.25) is 0 Å². The fourth-order valence-electron chi connectivity index (χ4n) is 4.66. The zero-order valence-corrected chi connectivity index (χ0v) is 19.8. The molecule has 1 saturated carbocycles. The van der Waals surface area contributed by atoms with E-state index in [4.69, 9.17) is 9.97 Å². The van der Waals surface area contributed by atoms with Gasteiger partial charge < -0.3 is 15.5 Å². The van der Waals surface area contributed by atoms with Crippen molar-refractivity contribution in [2.45, 2.75) is 50.1 Å². The molecule has 2 N–H and O–H groups in total. The summed E-state index contributed by atoms with van der Waals surface area (Å²) in [5, 5.41) is 8.38. The lowest BCUT2D eigenvalue weighted by Gasteiger charge is -2.43. The molecule has 2 aromatic carbocycles. The van der Waals surface area contributed by atoms with Gasteiger partial charge in [0.15, 0.2) is 0 Å². The predicted octanol–water partition coefficient (Wildman–Crippen LogP) is 5.51. The van der Waals surface area contributed by atoms with E-state index in [2.05, 4.69) is 71.5 Å². The van der Waals surface area contributed by atoms with Gasteiger partial charge in [0.1, 0.15) is 5.82 Å². The summed E-state index contributed by atoms with van der Waals surface area (Å²) >= 11 is 1.92. The molecule has 1 aliphatic carbocycles. The number of hydrogen-bond acceptors (Lipinski definition) is 6. The maximum atomic E-state index is 5.07. The van der Waals surface area contributed by atoms with Crippen LogP contribution < -0.4 is 15.5 Å². The molecule has 0 atom stereocenters. The van der Waals surface area contributed by atoms with Crippen molar-refractivity contribution in [2.24, 2.45) is 0 Å². The Balaban J connectivity index is 1.48. The van der Waals surface area contributed by atoms with E-state index in [0.29, 0.717) is 0 Å². The molecular weight excluding hydrogens is 414 g/mol. The Kier molecular flexibility index (Phi) is 5.72. The molecule has 1 aromatic heterocycles. The average molecular weight is 446 g/mol. The SMILES string of the molecule is C=C(C)NC1(CNc2nc(N3CCSc4ccccc4C3)nc3ccc(C)cc23)CCC1. The van der Waals surface area contributed by atoms with Gasteiger partial charge in [0.2, 0.25) is 5.95 Å². The first-order valence-corrected chi connectivity index (χ1v) is 12.4. The number of nitrogens with zero attached hydrogens (tertiary/aromatic N) is 3. The van der Waals surface area contributed by atoms with Gasteiger partial charge in [0.25, 0.3) is 0 Å². The highest BCUT2D eigenvalue weighted by Crippen LogP contribution is 2.34. The number of fused-ring (bicyclic) bond motifs is 2. The number of anilines is 2. The Morgan fingerprint density at radius 3 is 2.81 bits per heavy atom. The molecule has 5 rings (SSSR count). The van der Waals surface area contributed by atoms with Crippen LogP contribution in [0.4, 0.5) is 11.8 Å². The van der Waals surface area contributed by atoms with Crippen LogP contribution >= 0.6 is 11.8 Å². The van der Waals surface area contributed by atoms with Gasteiger partial charge in [-0.25, -0.2) is 4.98 Å². The van der Waals surface area contributed by atoms with Crippen molar-refractivity contribution in [3.8, 4) is 0 Å². The standard InChI is InChI=1S/C26H31N5S/c1-18(2)30-26(11-6-12-26)17-27-24-21-15-19(3)9-10-22(21)28-25(29-24)31-13-14-32-23-8-5-4-7-20(23)16-31/h4-5,7-10,15,30H,1,6,11-14,16-17H2,2-3H3,(H,27,28,29). The van der Waals surface area contributed by atoms with Crippen molar-refractivity contribution in [2.75, 3.05) is 29.1 Å². The highest BCUT2D eigenvalue weighted by atomic mass is 32.2. The van der Waals surface area contributed by atoms with Crippen LogP contribution in [-0.2, 0) is 6.54 Å². The van der Waals surface area contributed by atoms with E-state index >= 15 is 0 Å². The second kappa shape index (κ2) is 8.66. The molecule has 6 heteroatoms. The summed E-state index contributed by atoms with van der Waals surface area (Å²) in [4.78, 5) is 13.7. The molecule has 0 unspecified atom stereocenters. The highest BCUT2D eigenvalue weighted by Gasteiger charge is 2.36. The monoisotopic (exact) mass is 445 g/mol. The van der Waals surface area contributed by atoms with Crippen LogP contribution in [-0.4, -0.2) is 34.3 Å². The molecule has 5 nitrogen and oxygen atoms in total. The van der Waals surface area contributed by atoms with Crippen LogP contribution in [0.1, 0.15) is 37.3 Å². The zero-order chi connectivity index (χ0) is 22.1. The minimum absolute atomic E-state index is 0.0747. The number of thioether (sulfide) groups is 1. The largest absolute Gasteiger partial charge is 0.382 e. The number of benzene rings is 2. The topological polar surface area (TPSA) is 53.1 Å². The van der Waals surface area contributed by atoms with Crippen LogP contribution in [0.25, 0.3) is 10.9 Å². The van der Waals surface area contributed by atoms with E-state index < -0.39 is 0 Å². The van der Waals surface area contributed by atoms with Gasteiger partial charge in [-0.2, -0.15) is 4.98 Å². The Labute approximate surface area is 194 Å². The van der Waals surface area contributed by atoms with Crippen molar-refractivity contribution in [1.82, 2.24) is 15.3 Å². The summed E-state index contributed by atoms with van der Waals surface area (Å²) in [6.45, 7) is 10.8. The van der Waals surface area contributed by atoms with Gasteiger partial charge in [-0.1, -0.05) is 36.4 Å². The molecule has 1 fully saturated rings. The fraction of sp³-hybridized carbons (Fsp3) is 0.385. The molecule has 1 aliphatic heterocycles. The Morgan fingerprint density at radius 1 is 1.19 bits per heavy atom. The van der Waals surface area contributed by atoms with Gasteiger partial charge in [-0.15, -0.1) is 11.8 Å². The van der Waals surface area contributed by atoms with Gasteiger partial charge in [-0.05, 0) is 56.9 Å². The lowest BCUT2D eigenvalue weighted by Crippen LogP contribution is -2.54. The van der Waals surface area contributed by atoms with Crippen LogP contribution in [0.5, 0.6) is 0 Å². The molecule has 0 spiro atoms. The number of allylic oxidation sites excluding steroid dienone is 1. The Morgan fingerprint density at radius 2 is 2.03 bits per heavy atom. The first-order valence-electron chi connectivity index (χ1n) is 11.4. The third-order valence-electron chi connectivity index (χ3n) is 6.46. The van der Waals surface area contributed by atoms with E-state index in [1.165, 1.54) is 22.4 Å². The van der Waals surface area contributed by atoms with E-state index in [9.17, 15) is 0 Å². The third-order valence-corrected chi connectivity index (χ3v) is 7.55. The summed E-state index contributed by atoms with van der Waals surface area (Å²) in [5.74, 6) is 2.76. The predicted molar refractivity (Wildman–Crippen MR) is 136 cm³/mol. The summed E-state index contributed by atoms with van der Waals surface area (Å²) in [6, 6.07) is 15.1. The molecule has 0 saturated heterocycles. The van der Waals surface area contributed by atoms with Crippen LogP contribution in [0, 0.1) is 6.92 Å². The number of aryl methyl sites for hydroxylation is 1. The summed E-state index contributed by atoms with van der Waals surface area (Å²) in [7, 11) is 0. The number of nitrogens with one attached hydrogen (secondary N) is 2. The maximum absolute atomic E-state index is 5.07. The van der Waals surface area contributed by atoms with Crippen LogP contribution in [0.2, 0.25) is 0 Å². The third kappa shape index (κ3) is 4.29. The second-order valence-electron chi connectivity index (χ2n) is 9.16. The van der Waals surface area contributed by atoms with Crippen molar-refractivity contribution in [3.63, 3.8) is 0 Å². The van der Waals surface area contributed by atoms with Gasteiger partial charge in [0.05, 0.1) is 11.1 Å². The molecule has 0 amide bonds. The highest BCUT2D eigenvalue weighted by molar-refractivity contribution is 7.99. The lowest BCUT2D eigenvalue weighted by atomic mass is 9.76. The van der Waals surface area contributed by atoms with E-state index in [0.717, 1.165) is 66.6 Å². The van der Waals surface area contributed by atoms with Crippen molar-refractivity contribution in [3.05, 3.63) is 65.9 Å². The average Bonchev–Trinajstić information content (AvgIpc) is 2.97. The number of rotatable bonds is 6. The van der Waals surface area contributed by atoms with Gasteiger partial charge in [0, 0.05) is 41.4 Å². The number of hydrogen-bond donors (Lipinski definition) is 2. The number of aromatic nitrogens is 2. The molecule has 0 bridgehead atoms. The second-order valence-corrected chi connectivity index (χ2v) is 10.3. The van der Waals surface area contributed by atoms with E-state index in [-0.39, 0.29) is 5.54 Å². The van der Waals surface area contributed by atoms with E-state index in [1.54, 1.807) is 0 Å². The lowest BCUT2D eigenvalue weighted by molar-refractivity contribution is 0.218. The maximum Gasteiger partial charge on any atom is 0.228 e. The minimum atomic E-state index is 0.0747. The molecule has 166 valence electrons.